The van der Waals surface area contributed by atoms with Crippen LogP contribution in [0.5, 0.6) is 0 Å². The highest BCUT2D eigenvalue weighted by atomic mass is 16.4. The zero-order valence-corrected chi connectivity index (χ0v) is 11.0. The number of likely N-dealkylation sites (tertiary alicyclic amines) is 1. The lowest BCUT2D eigenvalue weighted by molar-refractivity contribution is -0.141. The summed E-state index contributed by atoms with van der Waals surface area (Å²) in [4.78, 5) is 29.0. The Hall–Kier alpha value is -2.44. The number of hydrogen-bond donors (Lipinski definition) is 2. The van der Waals surface area contributed by atoms with Crippen molar-refractivity contribution in [1.29, 1.82) is 0 Å². The van der Waals surface area contributed by atoms with Gasteiger partial charge in [-0.2, -0.15) is 5.10 Å². The zero-order valence-electron chi connectivity index (χ0n) is 11.0. The Morgan fingerprint density at radius 3 is 3.00 bits per heavy atom. The fourth-order valence-corrected chi connectivity index (χ4v) is 2.47. The van der Waals surface area contributed by atoms with E-state index in [1.807, 2.05) is 6.92 Å². The van der Waals surface area contributed by atoms with Crippen LogP contribution < -0.4 is 0 Å². The fourth-order valence-electron chi connectivity index (χ4n) is 2.47. The number of fused-ring (bicyclic) bond motifs is 1. The highest BCUT2D eigenvalue weighted by Gasteiger charge is 2.31. The number of amides is 1. The molecule has 1 aliphatic heterocycles. The number of aromatic amines is 1. The average Bonchev–Trinajstić information content (AvgIpc) is 3.05. The number of H-pyrrole nitrogens is 1. The van der Waals surface area contributed by atoms with Crippen molar-refractivity contribution in [2.75, 3.05) is 13.1 Å². The Morgan fingerprint density at radius 1 is 1.50 bits per heavy atom. The molecule has 0 bridgehead atoms. The first-order valence-electron chi connectivity index (χ1n) is 6.39. The Labute approximate surface area is 114 Å². The van der Waals surface area contributed by atoms with Crippen LogP contribution in [-0.2, 0) is 4.79 Å². The second-order valence-corrected chi connectivity index (χ2v) is 5.02. The van der Waals surface area contributed by atoms with Gasteiger partial charge in [-0.1, -0.05) is 0 Å². The van der Waals surface area contributed by atoms with Crippen LogP contribution in [0.25, 0.3) is 11.0 Å². The quantitative estimate of drug-likeness (QED) is 0.844. The average molecular weight is 274 g/mol. The van der Waals surface area contributed by atoms with Crippen molar-refractivity contribution >= 4 is 22.9 Å². The van der Waals surface area contributed by atoms with Gasteiger partial charge in [-0.05, 0) is 19.4 Å². The fraction of sp³-hybridized carbons (Fsp3) is 0.385. The third-order valence-corrected chi connectivity index (χ3v) is 3.67. The molecule has 2 aromatic rings. The molecule has 1 saturated heterocycles. The standard InChI is InChI=1S/C13H14N4O3/c1-7-10-4-9(5-14-11(10)16-15-7)12(18)17-3-2-8(6-17)13(19)20/h4-5,8H,2-3,6H2,1H3,(H,19,20)(H,14,15,16). The Morgan fingerprint density at radius 2 is 2.30 bits per heavy atom. The van der Waals surface area contributed by atoms with Crippen LogP contribution in [0.4, 0.5) is 0 Å². The SMILES string of the molecule is Cc1[nH]nc2ncc(C(=O)N3CCC(C(=O)O)C3)cc12. The van der Waals surface area contributed by atoms with Gasteiger partial charge in [0, 0.05) is 30.4 Å². The van der Waals surface area contributed by atoms with E-state index in [1.165, 1.54) is 6.20 Å². The van der Waals surface area contributed by atoms with Crippen LogP contribution in [-0.4, -0.2) is 50.2 Å². The Balaban J connectivity index is 1.85. The van der Waals surface area contributed by atoms with E-state index >= 15 is 0 Å². The second-order valence-electron chi connectivity index (χ2n) is 5.02. The predicted octanol–water partition coefficient (Wildman–Crippen LogP) is 0.813. The highest BCUT2D eigenvalue weighted by molar-refractivity contribution is 5.97. The number of pyridine rings is 1. The minimum Gasteiger partial charge on any atom is -0.481 e. The van der Waals surface area contributed by atoms with Crippen molar-refractivity contribution in [2.24, 2.45) is 5.92 Å². The number of aromatic nitrogens is 3. The summed E-state index contributed by atoms with van der Waals surface area (Å²) in [5.74, 6) is -1.49. The number of aryl methyl sites for hydroxylation is 1. The smallest absolute Gasteiger partial charge is 0.308 e. The molecule has 1 atom stereocenters. The molecule has 3 rings (SSSR count). The summed E-state index contributed by atoms with van der Waals surface area (Å²) in [6, 6.07) is 1.75. The summed E-state index contributed by atoms with van der Waals surface area (Å²) in [7, 11) is 0. The van der Waals surface area contributed by atoms with Crippen LogP contribution >= 0.6 is 0 Å². The van der Waals surface area contributed by atoms with Crippen LogP contribution in [0.15, 0.2) is 12.3 Å². The summed E-state index contributed by atoms with van der Waals surface area (Å²) < 4.78 is 0. The van der Waals surface area contributed by atoms with Gasteiger partial charge in [0.1, 0.15) is 0 Å². The summed E-state index contributed by atoms with van der Waals surface area (Å²) in [6.45, 7) is 2.59. The summed E-state index contributed by atoms with van der Waals surface area (Å²) in [6.07, 6.45) is 1.99. The molecule has 0 radical (unpaired) electrons. The maximum absolute atomic E-state index is 12.4. The van der Waals surface area contributed by atoms with E-state index in [9.17, 15) is 9.59 Å². The third kappa shape index (κ3) is 2.01. The molecule has 104 valence electrons. The molecule has 2 N–H and O–H groups in total. The van der Waals surface area contributed by atoms with E-state index < -0.39 is 11.9 Å². The lowest BCUT2D eigenvalue weighted by Gasteiger charge is -2.15. The number of carbonyl (C=O) groups is 2. The second kappa shape index (κ2) is 4.59. The largest absolute Gasteiger partial charge is 0.481 e. The molecule has 1 unspecified atom stereocenters. The van der Waals surface area contributed by atoms with E-state index in [1.54, 1.807) is 11.0 Å². The van der Waals surface area contributed by atoms with Crippen LogP contribution in [0.3, 0.4) is 0 Å². The molecule has 0 spiro atoms. The lowest BCUT2D eigenvalue weighted by Crippen LogP contribution is -2.30. The first kappa shape index (κ1) is 12.6. The number of aliphatic carboxylic acids is 1. The van der Waals surface area contributed by atoms with Gasteiger partial charge in [0.15, 0.2) is 5.65 Å². The maximum Gasteiger partial charge on any atom is 0.308 e. The van der Waals surface area contributed by atoms with Gasteiger partial charge in [-0.3, -0.25) is 14.7 Å². The van der Waals surface area contributed by atoms with Crippen molar-refractivity contribution < 1.29 is 14.7 Å². The van der Waals surface area contributed by atoms with E-state index in [0.717, 1.165) is 11.1 Å². The number of carbonyl (C=O) groups excluding carboxylic acids is 1. The normalized spacial score (nSPS) is 18.6. The highest BCUT2D eigenvalue weighted by Crippen LogP contribution is 2.20. The number of nitrogens with one attached hydrogen (secondary N) is 1. The monoisotopic (exact) mass is 274 g/mol. The molecule has 0 saturated carbocycles. The van der Waals surface area contributed by atoms with Gasteiger partial charge in [0.25, 0.3) is 5.91 Å². The minimum absolute atomic E-state index is 0.177. The molecule has 1 fully saturated rings. The van der Waals surface area contributed by atoms with E-state index in [0.29, 0.717) is 24.2 Å². The molecular weight excluding hydrogens is 260 g/mol. The maximum atomic E-state index is 12.4. The Bertz CT molecular complexity index is 694. The molecule has 7 nitrogen and oxygen atoms in total. The van der Waals surface area contributed by atoms with Crippen molar-refractivity contribution in [3.63, 3.8) is 0 Å². The van der Waals surface area contributed by atoms with Gasteiger partial charge in [0.2, 0.25) is 0 Å². The molecule has 0 aliphatic carbocycles. The Kier molecular flexibility index (Phi) is 2.89. The predicted molar refractivity (Wildman–Crippen MR) is 70.3 cm³/mol. The summed E-state index contributed by atoms with van der Waals surface area (Å²) >= 11 is 0. The molecule has 7 heteroatoms. The minimum atomic E-state index is -0.848. The van der Waals surface area contributed by atoms with Crippen LogP contribution in [0, 0.1) is 12.8 Å². The van der Waals surface area contributed by atoms with Gasteiger partial charge in [-0.15, -0.1) is 0 Å². The first-order chi connectivity index (χ1) is 9.56. The first-order valence-corrected chi connectivity index (χ1v) is 6.39. The lowest BCUT2D eigenvalue weighted by atomic mass is 10.1. The van der Waals surface area contributed by atoms with Crippen molar-refractivity contribution in [3.8, 4) is 0 Å². The molecule has 1 aliphatic rings. The zero-order chi connectivity index (χ0) is 14.3. The third-order valence-electron chi connectivity index (χ3n) is 3.67. The number of rotatable bonds is 2. The summed E-state index contributed by atoms with van der Waals surface area (Å²) in [5, 5.41) is 16.6. The molecule has 3 heterocycles. The molecule has 2 aromatic heterocycles. The van der Waals surface area contributed by atoms with E-state index in [-0.39, 0.29) is 12.5 Å². The molecule has 20 heavy (non-hydrogen) atoms. The number of carboxylic acid groups (broad SMARTS) is 1. The van der Waals surface area contributed by atoms with E-state index in [2.05, 4.69) is 15.2 Å². The van der Waals surface area contributed by atoms with Crippen LogP contribution in [0.1, 0.15) is 22.5 Å². The number of hydrogen-bond acceptors (Lipinski definition) is 4. The molecule has 0 aromatic carbocycles. The molecule has 1 amide bonds. The van der Waals surface area contributed by atoms with Crippen molar-refractivity contribution in [3.05, 3.63) is 23.5 Å². The van der Waals surface area contributed by atoms with Crippen LogP contribution in [0.2, 0.25) is 0 Å². The number of carboxylic acids is 1. The number of nitrogens with zero attached hydrogens (tertiary/aromatic N) is 3. The summed E-state index contributed by atoms with van der Waals surface area (Å²) in [5.41, 5.74) is 1.89. The van der Waals surface area contributed by atoms with E-state index in [4.69, 9.17) is 5.11 Å². The van der Waals surface area contributed by atoms with Gasteiger partial charge >= 0.3 is 5.97 Å². The van der Waals surface area contributed by atoms with Crippen molar-refractivity contribution in [2.45, 2.75) is 13.3 Å². The topological polar surface area (TPSA) is 99.2 Å². The van der Waals surface area contributed by atoms with Crippen molar-refractivity contribution in [1.82, 2.24) is 20.1 Å². The van der Waals surface area contributed by atoms with Gasteiger partial charge < -0.3 is 10.0 Å². The molecular formula is C13H14N4O3. The van der Waals surface area contributed by atoms with Gasteiger partial charge in [0.05, 0.1) is 11.5 Å². The van der Waals surface area contributed by atoms with Gasteiger partial charge in [-0.25, -0.2) is 4.98 Å².